The average molecular weight is 370 g/mol. The van der Waals surface area contributed by atoms with Crippen molar-refractivity contribution in [2.75, 3.05) is 58.4 Å². The highest BCUT2D eigenvalue weighted by molar-refractivity contribution is 5.94. The predicted molar refractivity (Wildman–Crippen MR) is 105 cm³/mol. The number of piperazine rings is 1. The van der Waals surface area contributed by atoms with Crippen molar-refractivity contribution in [1.29, 1.82) is 0 Å². The van der Waals surface area contributed by atoms with Crippen molar-refractivity contribution in [3.63, 3.8) is 0 Å². The maximum Gasteiger partial charge on any atom is 0.253 e. The van der Waals surface area contributed by atoms with Gasteiger partial charge in [0.15, 0.2) is 0 Å². The molecule has 0 saturated carbocycles. The molecule has 0 unspecified atom stereocenters. The Morgan fingerprint density at radius 1 is 1.11 bits per heavy atom. The second kappa shape index (κ2) is 9.23. The van der Waals surface area contributed by atoms with Gasteiger partial charge in [0.25, 0.3) is 5.91 Å². The second-order valence-corrected chi connectivity index (χ2v) is 6.50. The van der Waals surface area contributed by atoms with Crippen molar-refractivity contribution >= 4 is 11.6 Å². The Hall–Kier alpha value is -2.80. The first-order valence-electron chi connectivity index (χ1n) is 9.09. The normalized spacial score (nSPS) is 14.7. The highest BCUT2D eigenvalue weighted by atomic mass is 16.5. The summed E-state index contributed by atoms with van der Waals surface area (Å²) in [4.78, 5) is 21.2. The van der Waals surface area contributed by atoms with Gasteiger partial charge in [-0.25, -0.2) is 0 Å². The van der Waals surface area contributed by atoms with E-state index in [0.29, 0.717) is 18.7 Å². The number of benzene rings is 1. The number of rotatable bonds is 7. The molecule has 27 heavy (non-hydrogen) atoms. The van der Waals surface area contributed by atoms with E-state index >= 15 is 0 Å². The van der Waals surface area contributed by atoms with Crippen molar-refractivity contribution in [3.05, 3.63) is 48.3 Å². The topological polar surface area (TPSA) is 66.9 Å². The molecule has 1 aliphatic heterocycles. The van der Waals surface area contributed by atoms with E-state index in [1.54, 1.807) is 13.3 Å². The van der Waals surface area contributed by atoms with E-state index in [9.17, 15) is 4.79 Å². The monoisotopic (exact) mass is 370 g/mol. The summed E-state index contributed by atoms with van der Waals surface area (Å²) in [6, 6.07) is 9.25. The van der Waals surface area contributed by atoms with Crippen LogP contribution in [-0.4, -0.2) is 69.3 Å². The zero-order valence-electron chi connectivity index (χ0n) is 15.9. The quantitative estimate of drug-likeness (QED) is 0.748. The van der Waals surface area contributed by atoms with Crippen LogP contribution in [0.3, 0.4) is 0 Å². The zero-order chi connectivity index (χ0) is 19.1. The molecule has 1 fully saturated rings. The van der Waals surface area contributed by atoms with Crippen molar-refractivity contribution < 1.29 is 14.3 Å². The molecule has 7 nitrogen and oxygen atoms in total. The van der Waals surface area contributed by atoms with Gasteiger partial charge in [-0.2, -0.15) is 0 Å². The number of hydrogen-bond acceptors (Lipinski definition) is 6. The first kappa shape index (κ1) is 19.0. The SMILES string of the molecule is COc1ccc(OCCNC(=O)c2cncc(N3CCN(C)CC3)c2)cc1. The third-order valence-electron chi connectivity index (χ3n) is 4.57. The number of methoxy groups -OCH3 is 1. The summed E-state index contributed by atoms with van der Waals surface area (Å²) >= 11 is 0. The fourth-order valence-electron chi connectivity index (χ4n) is 2.90. The van der Waals surface area contributed by atoms with Gasteiger partial charge >= 0.3 is 0 Å². The first-order valence-corrected chi connectivity index (χ1v) is 9.09. The fourth-order valence-corrected chi connectivity index (χ4v) is 2.90. The third kappa shape index (κ3) is 5.34. The fraction of sp³-hybridized carbons (Fsp3) is 0.400. The molecule has 1 amide bonds. The van der Waals surface area contributed by atoms with Crippen LogP contribution in [0.4, 0.5) is 5.69 Å². The Labute approximate surface area is 159 Å². The molecule has 0 radical (unpaired) electrons. The molecule has 1 aliphatic rings. The number of likely N-dealkylation sites (N-methyl/N-ethyl adjacent to an activating group) is 1. The van der Waals surface area contributed by atoms with Crippen LogP contribution in [0.1, 0.15) is 10.4 Å². The van der Waals surface area contributed by atoms with Gasteiger partial charge in [0.05, 0.1) is 31.1 Å². The van der Waals surface area contributed by atoms with E-state index in [2.05, 4.69) is 27.1 Å². The number of ether oxygens (including phenoxy) is 2. The smallest absolute Gasteiger partial charge is 0.253 e. The van der Waals surface area contributed by atoms with Gasteiger partial charge in [-0.3, -0.25) is 9.78 Å². The highest BCUT2D eigenvalue weighted by Crippen LogP contribution is 2.17. The largest absolute Gasteiger partial charge is 0.497 e. The Morgan fingerprint density at radius 2 is 1.81 bits per heavy atom. The van der Waals surface area contributed by atoms with Crippen LogP contribution in [0.15, 0.2) is 42.7 Å². The molecule has 144 valence electrons. The lowest BCUT2D eigenvalue weighted by molar-refractivity contribution is 0.0946. The van der Waals surface area contributed by atoms with E-state index in [-0.39, 0.29) is 5.91 Å². The minimum absolute atomic E-state index is 0.142. The van der Waals surface area contributed by atoms with Crippen LogP contribution < -0.4 is 19.7 Å². The second-order valence-electron chi connectivity index (χ2n) is 6.50. The van der Waals surface area contributed by atoms with Gasteiger partial charge < -0.3 is 24.6 Å². The number of hydrogen-bond donors (Lipinski definition) is 1. The molecule has 3 rings (SSSR count). The van der Waals surface area contributed by atoms with Crippen LogP contribution >= 0.6 is 0 Å². The number of carbonyl (C=O) groups is 1. The molecular formula is C20H26N4O3. The first-order chi connectivity index (χ1) is 13.2. The number of amides is 1. The van der Waals surface area contributed by atoms with Crippen LogP contribution in [0.25, 0.3) is 0 Å². The number of anilines is 1. The maximum absolute atomic E-state index is 12.4. The molecule has 1 saturated heterocycles. The summed E-state index contributed by atoms with van der Waals surface area (Å²) in [5.74, 6) is 1.38. The summed E-state index contributed by atoms with van der Waals surface area (Å²) in [6.07, 6.45) is 3.41. The molecule has 2 heterocycles. The van der Waals surface area contributed by atoms with E-state index in [1.807, 2.05) is 36.5 Å². The molecule has 0 spiro atoms. The lowest BCUT2D eigenvalue weighted by Gasteiger charge is -2.33. The zero-order valence-corrected chi connectivity index (χ0v) is 15.9. The summed E-state index contributed by atoms with van der Waals surface area (Å²) in [5, 5.41) is 2.87. The number of nitrogens with one attached hydrogen (secondary N) is 1. The van der Waals surface area contributed by atoms with Gasteiger partial charge in [0, 0.05) is 32.4 Å². The number of pyridine rings is 1. The molecule has 2 aromatic rings. The van der Waals surface area contributed by atoms with Crippen LogP contribution in [0, 0.1) is 0 Å². The molecular weight excluding hydrogens is 344 g/mol. The molecule has 7 heteroatoms. The Morgan fingerprint density at radius 3 is 2.52 bits per heavy atom. The van der Waals surface area contributed by atoms with Gasteiger partial charge in [-0.05, 0) is 37.4 Å². The van der Waals surface area contributed by atoms with Gasteiger partial charge in [-0.15, -0.1) is 0 Å². The van der Waals surface area contributed by atoms with Crippen molar-refractivity contribution in [1.82, 2.24) is 15.2 Å². The lowest BCUT2D eigenvalue weighted by atomic mass is 10.2. The molecule has 1 N–H and O–H groups in total. The van der Waals surface area contributed by atoms with Crippen LogP contribution in [0.2, 0.25) is 0 Å². The summed E-state index contributed by atoms with van der Waals surface area (Å²) in [5.41, 5.74) is 1.56. The highest BCUT2D eigenvalue weighted by Gasteiger charge is 2.16. The molecule has 1 aromatic carbocycles. The number of carbonyl (C=O) groups excluding carboxylic acids is 1. The van der Waals surface area contributed by atoms with E-state index in [0.717, 1.165) is 43.4 Å². The van der Waals surface area contributed by atoms with Gasteiger partial charge in [0.1, 0.15) is 18.1 Å². The minimum Gasteiger partial charge on any atom is -0.497 e. The molecule has 0 bridgehead atoms. The maximum atomic E-state index is 12.4. The molecule has 0 atom stereocenters. The number of nitrogens with zero attached hydrogens (tertiary/aromatic N) is 3. The van der Waals surface area contributed by atoms with Crippen molar-refractivity contribution in [2.45, 2.75) is 0 Å². The molecule has 1 aromatic heterocycles. The van der Waals surface area contributed by atoms with E-state index < -0.39 is 0 Å². The van der Waals surface area contributed by atoms with Crippen LogP contribution in [-0.2, 0) is 0 Å². The van der Waals surface area contributed by atoms with Gasteiger partial charge in [-0.1, -0.05) is 0 Å². The van der Waals surface area contributed by atoms with Crippen LogP contribution in [0.5, 0.6) is 11.5 Å². The molecule has 0 aliphatic carbocycles. The lowest BCUT2D eigenvalue weighted by Crippen LogP contribution is -2.44. The standard InChI is InChI=1S/C20H26N4O3/c1-23-8-10-24(11-9-23)17-13-16(14-21-15-17)20(25)22-7-12-27-19-5-3-18(26-2)4-6-19/h3-6,13-15H,7-12H2,1-2H3,(H,22,25). The predicted octanol–water partition coefficient (Wildman–Crippen LogP) is 1.65. The Kier molecular flexibility index (Phi) is 6.49. The number of aromatic nitrogens is 1. The Bertz CT molecular complexity index is 743. The third-order valence-corrected chi connectivity index (χ3v) is 4.57. The average Bonchev–Trinajstić information content (AvgIpc) is 2.72. The van der Waals surface area contributed by atoms with Crippen molar-refractivity contribution in [2.24, 2.45) is 0 Å². The minimum atomic E-state index is -0.142. The summed E-state index contributed by atoms with van der Waals surface area (Å²) in [6.45, 7) is 4.73. The van der Waals surface area contributed by atoms with Crippen molar-refractivity contribution in [3.8, 4) is 11.5 Å². The van der Waals surface area contributed by atoms with Gasteiger partial charge in [0.2, 0.25) is 0 Å². The summed E-state index contributed by atoms with van der Waals surface area (Å²) in [7, 11) is 3.74. The van der Waals surface area contributed by atoms with E-state index in [4.69, 9.17) is 9.47 Å². The summed E-state index contributed by atoms with van der Waals surface area (Å²) < 4.78 is 10.7. The Balaban J connectivity index is 1.47. The van der Waals surface area contributed by atoms with E-state index in [1.165, 1.54) is 0 Å².